The summed E-state index contributed by atoms with van der Waals surface area (Å²) in [5.41, 5.74) is 3.49. The van der Waals surface area contributed by atoms with Crippen molar-refractivity contribution in [1.29, 1.82) is 0 Å². The number of hydrogen-bond donors (Lipinski definition) is 1. The number of nitrogens with one attached hydrogen (secondary N) is 1. The number of thioether (sulfide) groups is 1. The molecule has 0 aliphatic carbocycles. The molecule has 1 atom stereocenters. The standard InChI is InChI=1S/C37H43N3O4S2/c1-27-16-18-31(19-17-27)40(46(43,44)33-22-20-32(45-6)21-23-33)26-35(41)39(25-30-15-11-10-12-28(30)2)34(36(42)38-37(3,4)5)24-29-13-8-7-9-14-29/h7-23,34H,24-26H2,1-6H3,(H,38,42)/t34-/m0/s1. The second-order valence-corrected chi connectivity index (χ2v) is 15.2. The molecule has 242 valence electrons. The van der Waals surface area contributed by atoms with Crippen LogP contribution in [0.1, 0.15) is 43.0 Å². The Balaban J connectivity index is 1.82. The molecule has 0 heterocycles. The summed E-state index contributed by atoms with van der Waals surface area (Å²) in [7, 11) is -4.16. The van der Waals surface area contributed by atoms with Crippen LogP contribution in [0.3, 0.4) is 0 Å². The predicted octanol–water partition coefficient (Wildman–Crippen LogP) is 6.78. The van der Waals surface area contributed by atoms with E-state index in [2.05, 4.69) is 5.32 Å². The summed E-state index contributed by atoms with van der Waals surface area (Å²) < 4.78 is 29.6. The second kappa shape index (κ2) is 15.0. The van der Waals surface area contributed by atoms with Gasteiger partial charge in [-0.15, -0.1) is 11.8 Å². The first-order valence-electron chi connectivity index (χ1n) is 15.2. The van der Waals surface area contributed by atoms with E-state index in [0.717, 1.165) is 31.5 Å². The average Bonchev–Trinajstić information content (AvgIpc) is 3.02. The van der Waals surface area contributed by atoms with E-state index in [-0.39, 0.29) is 23.8 Å². The van der Waals surface area contributed by atoms with Crippen LogP contribution < -0.4 is 9.62 Å². The topological polar surface area (TPSA) is 86.8 Å². The Kier molecular flexibility index (Phi) is 11.3. The molecule has 0 bridgehead atoms. The van der Waals surface area contributed by atoms with Crippen molar-refractivity contribution in [1.82, 2.24) is 10.2 Å². The van der Waals surface area contributed by atoms with E-state index < -0.39 is 34.1 Å². The maximum Gasteiger partial charge on any atom is 0.264 e. The third-order valence-corrected chi connectivity index (χ3v) is 10.2. The van der Waals surface area contributed by atoms with Gasteiger partial charge in [-0.25, -0.2) is 8.42 Å². The minimum absolute atomic E-state index is 0.0791. The van der Waals surface area contributed by atoms with Gasteiger partial charge in [-0.3, -0.25) is 13.9 Å². The summed E-state index contributed by atoms with van der Waals surface area (Å²) >= 11 is 1.51. The predicted molar refractivity (Wildman–Crippen MR) is 187 cm³/mol. The first-order chi connectivity index (χ1) is 21.8. The molecule has 46 heavy (non-hydrogen) atoms. The van der Waals surface area contributed by atoms with Gasteiger partial charge in [0.15, 0.2) is 0 Å². The number of carbonyl (C=O) groups excluding carboxylic acids is 2. The van der Waals surface area contributed by atoms with Gasteiger partial charge < -0.3 is 10.2 Å². The van der Waals surface area contributed by atoms with E-state index in [4.69, 9.17) is 0 Å². The number of amides is 2. The number of benzene rings is 4. The molecule has 0 aliphatic rings. The summed E-state index contributed by atoms with van der Waals surface area (Å²) in [6.45, 7) is 9.20. The highest BCUT2D eigenvalue weighted by Crippen LogP contribution is 2.27. The van der Waals surface area contributed by atoms with Crippen molar-refractivity contribution in [2.75, 3.05) is 17.1 Å². The molecule has 4 aromatic carbocycles. The van der Waals surface area contributed by atoms with E-state index in [1.165, 1.54) is 16.7 Å². The van der Waals surface area contributed by atoms with Crippen LogP contribution in [0, 0.1) is 13.8 Å². The molecule has 4 aromatic rings. The Morgan fingerprint density at radius 1 is 0.826 bits per heavy atom. The van der Waals surface area contributed by atoms with Crippen LogP contribution in [-0.2, 0) is 32.6 Å². The van der Waals surface area contributed by atoms with Gasteiger partial charge in [-0.2, -0.15) is 0 Å². The van der Waals surface area contributed by atoms with E-state index in [9.17, 15) is 18.0 Å². The summed E-state index contributed by atoms with van der Waals surface area (Å²) in [4.78, 5) is 31.2. The van der Waals surface area contributed by atoms with E-state index in [1.54, 1.807) is 36.4 Å². The molecule has 7 nitrogen and oxygen atoms in total. The molecule has 0 aliphatic heterocycles. The molecule has 4 rings (SSSR count). The van der Waals surface area contributed by atoms with Gasteiger partial charge in [0.25, 0.3) is 10.0 Å². The highest BCUT2D eigenvalue weighted by Gasteiger charge is 2.35. The summed E-state index contributed by atoms with van der Waals surface area (Å²) in [5.74, 6) is -0.797. The average molecular weight is 658 g/mol. The largest absolute Gasteiger partial charge is 0.350 e. The first-order valence-corrected chi connectivity index (χ1v) is 17.9. The minimum atomic E-state index is -4.16. The third kappa shape index (κ3) is 9.01. The van der Waals surface area contributed by atoms with Crippen LogP contribution in [0.4, 0.5) is 5.69 Å². The van der Waals surface area contributed by atoms with Crippen molar-refractivity contribution in [3.63, 3.8) is 0 Å². The Morgan fingerprint density at radius 2 is 1.43 bits per heavy atom. The molecule has 2 amide bonds. The van der Waals surface area contributed by atoms with Crippen molar-refractivity contribution < 1.29 is 18.0 Å². The van der Waals surface area contributed by atoms with Crippen LogP contribution in [0.5, 0.6) is 0 Å². The molecule has 0 spiro atoms. The van der Waals surface area contributed by atoms with Crippen LogP contribution in [0.2, 0.25) is 0 Å². The quantitative estimate of drug-likeness (QED) is 0.170. The molecular formula is C37H43N3O4S2. The molecule has 0 saturated heterocycles. The fourth-order valence-electron chi connectivity index (χ4n) is 5.09. The van der Waals surface area contributed by atoms with Gasteiger partial charge in [0.1, 0.15) is 12.6 Å². The summed E-state index contributed by atoms with van der Waals surface area (Å²) in [6.07, 6.45) is 2.18. The maximum absolute atomic E-state index is 14.6. The van der Waals surface area contributed by atoms with Crippen molar-refractivity contribution in [2.24, 2.45) is 0 Å². The highest BCUT2D eigenvalue weighted by molar-refractivity contribution is 7.98. The smallest absolute Gasteiger partial charge is 0.264 e. The SMILES string of the molecule is CSc1ccc(S(=O)(=O)N(CC(=O)N(Cc2ccccc2C)[C@@H](Cc2ccccc2)C(=O)NC(C)(C)C)c2ccc(C)cc2)cc1. The Hall–Kier alpha value is -4.08. The molecule has 1 N–H and O–H groups in total. The molecular weight excluding hydrogens is 615 g/mol. The number of aryl methyl sites for hydroxylation is 2. The van der Waals surface area contributed by atoms with Crippen LogP contribution in [0.15, 0.2) is 113 Å². The van der Waals surface area contributed by atoms with Crippen LogP contribution >= 0.6 is 11.8 Å². The summed E-state index contributed by atoms with van der Waals surface area (Å²) in [5, 5.41) is 3.07. The lowest BCUT2D eigenvalue weighted by Gasteiger charge is -2.35. The van der Waals surface area contributed by atoms with E-state index in [0.29, 0.717) is 5.69 Å². The lowest BCUT2D eigenvalue weighted by Crippen LogP contribution is -2.56. The van der Waals surface area contributed by atoms with Gasteiger partial charge in [0.2, 0.25) is 11.8 Å². The van der Waals surface area contributed by atoms with Crippen molar-refractivity contribution >= 4 is 39.3 Å². The van der Waals surface area contributed by atoms with E-state index in [1.807, 2.05) is 108 Å². The number of anilines is 1. The Bertz CT molecular complexity index is 1730. The Labute approximate surface area is 278 Å². The molecule has 0 unspecified atom stereocenters. The normalized spacial score (nSPS) is 12.3. The van der Waals surface area contributed by atoms with Crippen molar-refractivity contribution in [3.8, 4) is 0 Å². The maximum atomic E-state index is 14.6. The number of carbonyl (C=O) groups is 2. The van der Waals surface area contributed by atoms with Gasteiger partial charge in [0, 0.05) is 23.4 Å². The Morgan fingerprint density at radius 3 is 2.02 bits per heavy atom. The second-order valence-electron chi connectivity index (χ2n) is 12.4. The van der Waals surface area contributed by atoms with Gasteiger partial charge >= 0.3 is 0 Å². The lowest BCUT2D eigenvalue weighted by molar-refractivity contribution is -0.140. The van der Waals surface area contributed by atoms with Crippen LogP contribution in [-0.4, -0.2) is 49.5 Å². The van der Waals surface area contributed by atoms with Gasteiger partial charge in [-0.1, -0.05) is 72.3 Å². The minimum Gasteiger partial charge on any atom is -0.350 e. The molecule has 0 fully saturated rings. The zero-order valence-electron chi connectivity index (χ0n) is 27.4. The molecule has 0 aromatic heterocycles. The van der Waals surface area contributed by atoms with Gasteiger partial charge in [-0.05, 0) is 94.0 Å². The van der Waals surface area contributed by atoms with Crippen LogP contribution in [0.25, 0.3) is 0 Å². The van der Waals surface area contributed by atoms with Crippen molar-refractivity contribution in [3.05, 3.63) is 125 Å². The molecule has 0 saturated carbocycles. The van der Waals surface area contributed by atoms with E-state index >= 15 is 0 Å². The highest BCUT2D eigenvalue weighted by atomic mass is 32.2. The number of hydrogen-bond acceptors (Lipinski definition) is 5. The zero-order valence-corrected chi connectivity index (χ0v) is 29.0. The monoisotopic (exact) mass is 657 g/mol. The number of nitrogens with zero attached hydrogens (tertiary/aromatic N) is 2. The lowest BCUT2D eigenvalue weighted by atomic mass is 10.00. The third-order valence-electron chi connectivity index (χ3n) is 7.62. The first kappa shape index (κ1) is 34.8. The number of sulfonamides is 1. The van der Waals surface area contributed by atoms with Gasteiger partial charge in [0.05, 0.1) is 10.6 Å². The fraction of sp³-hybridized carbons (Fsp3) is 0.297. The van der Waals surface area contributed by atoms with Crippen molar-refractivity contribution in [2.45, 2.75) is 69.0 Å². The number of rotatable bonds is 12. The summed E-state index contributed by atoms with van der Waals surface area (Å²) in [6, 6.07) is 30.0. The zero-order chi connectivity index (χ0) is 33.5. The fourth-order valence-corrected chi connectivity index (χ4v) is 6.91. The molecule has 0 radical (unpaired) electrons. The molecule has 9 heteroatoms.